The molecule has 0 aliphatic carbocycles. The number of nitro groups is 1. The van der Waals surface area contributed by atoms with Crippen molar-refractivity contribution >= 4 is 11.5 Å². The fourth-order valence-corrected chi connectivity index (χ4v) is 1.52. The van der Waals surface area contributed by atoms with Crippen LogP contribution in [0.4, 0.5) is 10.1 Å². The third-order valence-electron chi connectivity index (χ3n) is 2.41. The number of nitrogens with one attached hydrogen (secondary N) is 1. The van der Waals surface area contributed by atoms with E-state index in [1.54, 1.807) is 0 Å². The van der Waals surface area contributed by atoms with E-state index in [9.17, 15) is 14.5 Å². The van der Waals surface area contributed by atoms with E-state index in [4.69, 9.17) is 15.9 Å². The van der Waals surface area contributed by atoms with Crippen LogP contribution in [0.15, 0.2) is 36.7 Å². The van der Waals surface area contributed by atoms with Crippen molar-refractivity contribution in [2.75, 3.05) is 0 Å². The van der Waals surface area contributed by atoms with Crippen LogP contribution < -0.4 is 10.5 Å². The molecule has 0 aliphatic rings. The summed E-state index contributed by atoms with van der Waals surface area (Å²) < 4.78 is 18.4. The van der Waals surface area contributed by atoms with Gasteiger partial charge >= 0.3 is 5.69 Å². The van der Waals surface area contributed by atoms with Crippen LogP contribution in [0.1, 0.15) is 5.56 Å². The Morgan fingerprint density at radius 1 is 1.40 bits per heavy atom. The summed E-state index contributed by atoms with van der Waals surface area (Å²) in [6.07, 6.45) is 2.67. The number of halogens is 1. The molecule has 0 bridgehead atoms. The van der Waals surface area contributed by atoms with Crippen LogP contribution in [0.3, 0.4) is 0 Å². The number of pyridine rings is 1. The Hall–Kier alpha value is -3.03. The third-order valence-corrected chi connectivity index (χ3v) is 2.41. The van der Waals surface area contributed by atoms with Crippen molar-refractivity contribution < 1.29 is 14.1 Å². The summed E-state index contributed by atoms with van der Waals surface area (Å²) in [6, 6.07) is 4.35. The van der Waals surface area contributed by atoms with E-state index in [1.807, 2.05) is 0 Å². The van der Waals surface area contributed by atoms with Crippen molar-refractivity contribution in [1.29, 1.82) is 5.41 Å². The summed E-state index contributed by atoms with van der Waals surface area (Å²) in [4.78, 5) is 13.9. The summed E-state index contributed by atoms with van der Waals surface area (Å²) in [5.74, 6) is -1.10. The van der Waals surface area contributed by atoms with Gasteiger partial charge in [0.05, 0.1) is 22.7 Å². The maximum Gasteiger partial charge on any atom is 0.314 e. The largest absolute Gasteiger partial charge is 0.448 e. The minimum atomic E-state index is -0.762. The third kappa shape index (κ3) is 2.69. The highest BCUT2D eigenvalue weighted by molar-refractivity contribution is 5.97. The molecule has 102 valence electrons. The van der Waals surface area contributed by atoms with Crippen LogP contribution in [-0.4, -0.2) is 15.7 Å². The summed E-state index contributed by atoms with van der Waals surface area (Å²) in [7, 11) is 0. The molecule has 3 N–H and O–H groups in total. The molecule has 1 heterocycles. The molecule has 0 fully saturated rings. The molecule has 0 amide bonds. The van der Waals surface area contributed by atoms with E-state index in [1.165, 1.54) is 18.5 Å². The number of rotatable bonds is 4. The van der Waals surface area contributed by atoms with Gasteiger partial charge < -0.3 is 10.5 Å². The predicted molar refractivity (Wildman–Crippen MR) is 68.4 cm³/mol. The number of nitrogens with two attached hydrogens (primary N) is 1. The number of nitrogen functional groups attached to an aromatic ring is 1. The van der Waals surface area contributed by atoms with Gasteiger partial charge in [-0.05, 0) is 18.2 Å². The van der Waals surface area contributed by atoms with E-state index in [0.717, 1.165) is 18.2 Å². The van der Waals surface area contributed by atoms with Crippen LogP contribution in [0.5, 0.6) is 11.5 Å². The average Bonchev–Trinajstić information content (AvgIpc) is 2.41. The molecule has 0 aliphatic heterocycles. The molecule has 0 saturated heterocycles. The van der Waals surface area contributed by atoms with E-state index in [0.29, 0.717) is 0 Å². The Morgan fingerprint density at radius 2 is 2.15 bits per heavy atom. The molecular formula is C12H9FN4O3. The van der Waals surface area contributed by atoms with Gasteiger partial charge in [-0.25, -0.2) is 4.39 Å². The zero-order chi connectivity index (χ0) is 14.7. The number of hydrogen-bond donors (Lipinski definition) is 2. The van der Waals surface area contributed by atoms with E-state index in [-0.39, 0.29) is 22.9 Å². The fraction of sp³-hybridized carbons (Fsp3) is 0. The lowest BCUT2D eigenvalue weighted by atomic mass is 10.2. The van der Waals surface area contributed by atoms with Crippen LogP contribution in [0, 0.1) is 21.3 Å². The maximum atomic E-state index is 13.0. The van der Waals surface area contributed by atoms with Crippen LogP contribution >= 0.6 is 0 Å². The highest BCUT2D eigenvalue weighted by Gasteiger charge is 2.18. The first-order valence-corrected chi connectivity index (χ1v) is 5.39. The second-order valence-electron chi connectivity index (χ2n) is 3.76. The highest BCUT2D eigenvalue weighted by atomic mass is 19.1. The molecular weight excluding hydrogens is 267 g/mol. The average molecular weight is 276 g/mol. The summed E-state index contributed by atoms with van der Waals surface area (Å²) in [5, 5.41) is 18.2. The second-order valence-corrected chi connectivity index (χ2v) is 3.76. The lowest BCUT2D eigenvalue weighted by Gasteiger charge is -2.09. The Bertz CT molecular complexity index is 690. The van der Waals surface area contributed by atoms with Crippen molar-refractivity contribution in [1.82, 2.24) is 4.98 Å². The highest BCUT2D eigenvalue weighted by Crippen LogP contribution is 2.32. The Morgan fingerprint density at radius 3 is 2.80 bits per heavy atom. The summed E-state index contributed by atoms with van der Waals surface area (Å²) in [6.45, 7) is 0. The van der Waals surface area contributed by atoms with Crippen molar-refractivity contribution in [2.45, 2.75) is 0 Å². The number of benzene rings is 1. The minimum absolute atomic E-state index is 0.0784. The van der Waals surface area contributed by atoms with Gasteiger partial charge in [-0.2, -0.15) is 0 Å². The van der Waals surface area contributed by atoms with Gasteiger partial charge in [-0.15, -0.1) is 0 Å². The number of aromatic nitrogens is 1. The van der Waals surface area contributed by atoms with Crippen molar-refractivity contribution in [3.63, 3.8) is 0 Å². The molecule has 7 nitrogen and oxygen atoms in total. The van der Waals surface area contributed by atoms with Crippen molar-refractivity contribution in [2.24, 2.45) is 5.73 Å². The number of ether oxygens (including phenoxy) is 1. The predicted octanol–water partition coefficient (Wildman–Crippen LogP) is 2.21. The topological polar surface area (TPSA) is 115 Å². The molecule has 0 unspecified atom stereocenters. The number of amidine groups is 1. The van der Waals surface area contributed by atoms with E-state index in [2.05, 4.69) is 4.98 Å². The van der Waals surface area contributed by atoms with Gasteiger partial charge in [0.2, 0.25) is 5.75 Å². The Kier molecular flexibility index (Phi) is 3.56. The second kappa shape index (κ2) is 5.31. The van der Waals surface area contributed by atoms with Crippen LogP contribution in [0.2, 0.25) is 0 Å². The summed E-state index contributed by atoms with van der Waals surface area (Å²) >= 11 is 0. The normalized spacial score (nSPS) is 10.1. The molecule has 0 radical (unpaired) electrons. The molecule has 0 saturated carbocycles. The Labute approximate surface area is 112 Å². The van der Waals surface area contributed by atoms with E-state index < -0.39 is 16.4 Å². The smallest absolute Gasteiger partial charge is 0.314 e. The van der Waals surface area contributed by atoms with Crippen molar-refractivity contribution in [3.05, 3.63) is 58.2 Å². The van der Waals surface area contributed by atoms with Gasteiger partial charge in [0, 0.05) is 6.20 Å². The zero-order valence-electron chi connectivity index (χ0n) is 10.0. The lowest BCUT2D eigenvalue weighted by molar-refractivity contribution is -0.385. The molecule has 1 aromatic heterocycles. The first-order valence-electron chi connectivity index (χ1n) is 5.39. The Balaban J connectivity index is 2.45. The molecule has 1 aromatic carbocycles. The SMILES string of the molecule is N=C(N)c1ccncc1Oc1ccc(F)cc1[N+](=O)[O-]. The first kappa shape index (κ1) is 13.4. The summed E-state index contributed by atoms with van der Waals surface area (Å²) in [5.41, 5.74) is 5.08. The molecule has 20 heavy (non-hydrogen) atoms. The minimum Gasteiger partial charge on any atom is -0.448 e. The number of hydrogen-bond acceptors (Lipinski definition) is 5. The number of nitro benzene ring substituents is 1. The fourth-order valence-electron chi connectivity index (χ4n) is 1.52. The van der Waals surface area contributed by atoms with Crippen molar-refractivity contribution in [3.8, 4) is 11.5 Å². The van der Waals surface area contributed by atoms with Gasteiger partial charge in [0.15, 0.2) is 5.75 Å². The quantitative estimate of drug-likeness (QED) is 0.384. The van der Waals surface area contributed by atoms with Gasteiger partial charge in [0.25, 0.3) is 0 Å². The van der Waals surface area contributed by atoms with Gasteiger partial charge in [0.1, 0.15) is 11.7 Å². The molecule has 0 spiro atoms. The molecule has 2 rings (SSSR count). The van der Waals surface area contributed by atoms with Gasteiger partial charge in [-0.3, -0.25) is 20.5 Å². The zero-order valence-corrected chi connectivity index (χ0v) is 10.0. The first-order chi connectivity index (χ1) is 9.49. The maximum absolute atomic E-state index is 13.0. The van der Waals surface area contributed by atoms with Crippen LogP contribution in [0.25, 0.3) is 0 Å². The molecule has 2 aromatic rings. The standard InChI is InChI=1S/C12H9FN4O3/c13-7-1-2-10(9(5-7)17(18)19)20-11-6-16-4-3-8(11)12(14)15/h1-6H,(H3,14,15). The molecule has 0 atom stereocenters. The molecule has 8 heteroatoms. The monoisotopic (exact) mass is 276 g/mol. The van der Waals surface area contributed by atoms with E-state index >= 15 is 0 Å². The number of nitrogens with zero attached hydrogens (tertiary/aromatic N) is 2. The van der Waals surface area contributed by atoms with Crippen LogP contribution in [-0.2, 0) is 0 Å². The van der Waals surface area contributed by atoms with Gasteiger partial charge in [-0.1, -0.05) is 0 Å². The lowest BCUT2D eigenvalue weighted by Crippen LogP contribution is -2.12.